The number of aromatic nitrogens is 3. The highest BCUT2D eigenvalue weighted by Gasteiger charge is 2.49. The van der Waals surface area contributed by atoms with Crippen molar-refractivity contribution in [3.05, 3.63) is 70.3 Å². The fourth-order valence-corrected chi connectivity index (χ4v) is 3.91. The van der Waals surface area contributed by atoms with Crippen molar-refractivity contribution in [1.29, 1.82) is 0 Å². The highest BCUT2D eigenvalue weighted by molar-refractivity contribution is 7.15. The number of ketones is 1. The average Bonchev–Trinajstić information content (AvgIpc) is 3.29. The maximum atomic E-state index is 14.2. The molecule has 1 aromatic carbocycles. The largest absolute Gasteiger partial charge is 0.507 e. The number of hydrogen-bond acceptors (Lipinski definition) is 8. The van der Waals surface area contributed by atoms with Gasteiger partial charge in [0.05, 0.1) is 18.4 Å². The first kappa shape index (κ1) is 19.6. The topological polar surface area (TPSA) is 106 Å². The summed E-state index contributed by atoms with van der Waals surface area (Å²) in [4.78, 5) is 31.2. The number of carbonyl (C=O) groups is 2. The second-order valence-electron chi connectivity index (χ2n) is 6.38. The minimum Gasteiger partial charge on any atom is -0.507 e. The summed E-state index contributed by atoms with van der Waals surface area (Å²) in [7, 11) is 1.31. The second-order valence-corrected chi connectivity index (χ2v) is 7.54. The minimum atomic E-state index is -1.04. The summed E-state index contributed by atoms with van der Waals surface area (Å²) in [6, 6.07) is 7.72. The molecule has 1 atom stereocenters. The van der Waals surface area contributed by atoms with Crippen LogP contribution in [0.2, 0.25) is 0 Å². The molecule has 1 amide bonds. The van der Waals surface area contributed by atoms with Crippen LogP contribution in [-0.4, -0.2) is 39.1 Å². The summed E-state index contributed by atoms with van der Waals surface area (Å²) in [5.74, 6) is -3.05. The van der Waals surface area contributed by atoms with E-state index in [1.165, 1.54) is 25.4 Å². The molecule has 0 spiro atoms. The van der Waals surface area contributed by atoms with E-state index in [4.69, 9.17) is 4.74 Å². The molecule has 0 radical (unpaired) electrons. The number of pyridine rings is 1. The fourth-order valence-electron chi connectivity index (χ4n) is 3.20. The molecule has 1 aliphatic heterocycles. The number of benzene rings is 1. The number of aryl methyl sites for hydroxylation is 1. The monoisotopic (exact) mass is 426 g/mol. The lowest BCUT2D eigenvalue weighted by Crippen LogP contribution is -2.29. The second kappa shape index (κ2) is 7.64. The van der Waals surface area contributed by atoms with Crippen LogP contribution in [0, 0.1) is 12.7 Å². The zero-order valence-corrected chi connectivity index (χ0v) is 16.7. The van der Waals surface area contributed by atoms with E-state index in [1.54, 1.807) is 25.1 Å². The van der Waals surface area contributed by atoms with Crippen LogP contribution in [0.25, 0.3) is 5.76 Å². The van der Waals surface area contributed by atoms with Crippen LogP contribution in [0.5, 0.6) is 5.75 Å². The summed E-state index contributed by atoms with van der Waals surface area (Å²) < 4.78 is 19.1. The Morgan fingerprint density at radius 2 is 2.03 bits per heavy atom. The van der Waals surface area contributed by atoms with Crippen LogP contribution in [0.3, 0.4) is 0 Å². The molecular weight excluding hydrogens is 411 g/mol. The van der Waals surface area contributed by atoms with Crippen molar-refractivity contribution in [2.75, 3.05) is 12.0 Å². The molecule has 2 aromatic heterocycles. The van der Waals surface area contributed by atoms with Crippen molar-refractivity contribution >= 4 is 33.9 Å². The number of nitrogens with zero attached hydrogens (tertiary/aromatic N) is 4. The Balaban J connectivity index is 1.92. The summed E-state index contributed by atoms with van der Waals surface area (Å²) in [5, 5.41) is 19.6. The highest BCUT2D eigenvalue weighted by Crippen LogP contribution is 2.42. The first-order chi connectivity index (χ1) is 14.4. The molecule has 152 valence electrons. The Labute approximate surface area is 174 Å². The van der Waals surface area contributed by atoms with Crippen molar-refractivity contribution in [2.24, 2.45) is 0 Å². The van der Waals surface area contributed by atoms with E-state index >= 15 is 0 Å². The number of methoxy groups -OCH3 is 1. The van der Waals surface area contributed by atoms with E-state index in [0.29, 0.717) is 10.7 Å². The third-order valence-electron chi connectivity index (χ3n) is 4.56. The molecule has 0 aliphatic carbocycles. The fraction of sp³-hybridized carbons (Fsp3) is 0.150. The molecule has 1 saturated heterocycles. The van der Waals surface area contributed by atoms with Crippen LogP contribution in [0.15, 0.2) is 48.2 Å². The van der Waals surface area contributed by atoms with Gasteiger partial charge in [-0.05, 0) is 37.3 Å². The third-order valence-corrected chi connectivity index (χ3v) is 5.40. The predicted molar refractivity (Wildman–Crippen MR) is 107 cm³/mol. The molecule has 1 fully saturated rings. The number of ether oxygens (including phenoxy) is 1. The summed E-state index contributed by atoms with van der Waals surface area (Å²) in [5.41, 5.74) is 0.164. The molecule has 1 N–H and O–H groups in total. The predicted octanol–water partition coefficient (Wildman–Crippen LogP) is 3.02. The van der Waals surface area contributed by atoms with Crippen molar-refractivity contribution in [3.63, 3.8) is 0 Å². The van der Waals surface area contributed by atoms with Crippen molar-refractivity contribution in [2.45, 2.75) is 13.0 Å². The third kappa shape index (κ3) is 3.20. The van der Waals surface area contributed by atoms with E-state index in [0.717, 1.165) is 22.3 Å². The van der Waals surface area contributed by atoms with Gasteiger partial charge in [-0.1, -0.05) is 17.4 Å². The number of Topliss-reactive ketones (excluding diaryl/α,β-unsaturated/α-hetero) is 1. The Hall–Kier alpha value is -3.66. The molecule has 4 rings (SSSR count). The van der Waals surface area contributed by atoms with Gasteiger partial charge in [-0.3, -0.25) is 19.5 Å². The number of amides is 1. The van der Waals surface area contributed by atoms with Crippen LogP contribution >= 0.6 is 11.3 Å². The lowest BCUT2D eigenvalue weighted by molar-refractivity contribution is -0.132. The standard InChI is InChI=1S/C20H15FN4O4S/c1-10-23-24-20(30-10)25-16(13-5-3-4-8-22-13)15(18(27)19(25)28)17(26)11-6-7-14(29-2)12(21)9-11/h3-9,16,26H,1-2H3/t16-/m1/s1. The normalized spacial score (nSPS) is 18.1. The molecule has 10 heteroatoms. The number of carbonyl (C=O) groups excluding carboxylic acids is 2. The van der Waals surface area contributed by atoms with Crippen molar-refractivity contribution in [3.8, 4) is 5.75 Å². The van der Waals surface area contributed by atoms with Gasteiger partial charge in [-0.15, -0.1) is 10.2 Å². The maximum Gasteiger partial charge on any atom is 0.302 e. The Morgan fingerprint density at radius 3 is 2.63 bits per heavy atom. The van der Waals surface area contributed by atoms with E-state index in [-0.39, 0.29) is 22.0 Å². The van der Waals surface area contributed by atoms with Crippen molar-refractivity contribution in [1.82, 2.24) is 15.2 Å². The first-order valence-corrected chi connectivity index (χ1v) is 9.60. The van der Waals surface area contributed by atoms with Crippen LogP contribution in [-0.2, 0) is 9.59 Å². The van der Waals surface area contributed by atoms with Gasteiger partial charge in [0, 0.05) is 11.8 Å². The number of aliphatic hydroxyl groups excluding tert-OH is 1. The molecule has 8 nitrogen and oxygen atoms in total. The van der Waals surface area contributed by atoms with Crippen LogP contribution in [0.4, 0.5) is 9.52 Å². The molecule has 0 unspecified atom stereocenters. The number of hydrogen-bond donors (Lipinski definition) is 1. The van der Waals surface area contributed by atoms with Gasteiger partial charge in [0.15, 0.2) is 11.6 Å². The summed E-state index contributed by atoms with van der Waals surface area (Å²) in [6.07, 6.45) is 1.51. The smallest absolute Gasteiger partial charge is 0.302 e. The Kier molecular flexibility index (Phi) is 5.00. The van der Waals surface area contributed by atoms with E-state index in [9.17, 15) is 19.1 Å². The quantitative estimate of drug-likeness (QED) is 0.388. The van der Waals surface area contributed by atoms with Crippen molar-refractivity contribution < 1.29 is 23.8 Å². The number of aliphatic hydroxyl groups is 1. The lowest BCUT2D eigenvalue weighted by atomic mass is 9.98. The van der Waals surface area contributed by atoms with Gasteiger partial charge in [0.25, 0.3) is 5.78 Å². The van der Waals surface area contributed by atoms with Gasteiger partial charge in [0.1, 0.15) is 16.8 Å². The van der Waals surface area contributed by atoms with E-state index < -0.39 is 29.3 Å². The van der Waals surface area contributed by atoms with Gasteiger partial charge >= 0.3 is 5.91 Å². The lowest BCUT2D eigenvalue weighted by Gasteiger charge is -2.21. The Morgan fingerprint density at radius 1 is 1.23 bits per heavy atom. The van der Waals surface area contributed by atoms with Crippen LogP contribution in [0.1, 0.15) is 22.3 Å². The van der Waals surface area contributed by atoms with Gasteiger partial charge in [0.2, 0.25) is 5.13 Å². The zero-order valence-electron chi connectivity index (χ0n) is 15.9. The highest BCUT2D eigenvalue weighted by atomic mass is 32.1. The van der Waals surface area contributed by atoms with Gasteiger partial charge in [-0.2, -0.15) is 0 Å². The number of rotatable bonds is 4. The van der Waals surface area contributed by atoms with E-state index in [1.807, 2.05) is 0 Å². The maximum absolute atomic E-state index is 14.2. The van der Waals surface area contributed by atoms with Gasteiger partial charge < -0.3 is 9.84 Å². The summed E-state index contributed by atoms with van der Waals surface area (Å²) in [6.45, 7) is 1.72. The molecule has 3 heterocycles. The minimum absolute atomic E-state index is 0.0161. The molecule has 30 heavy (non-hydrogen) atoms. The van der Waals surface area contributed by atoms with E-state index in [2.05, 4.69) is 15.2 Å². The molecular formula is C20H15FN4O4S. The molecule has 1 aliphatic rings. The Bertz CT molecular complexity index is 1180. The van der Waals surface area contributed by atoms with Crippen LogP contribution < -0.4 is 9.64 Å². The summed E-state index contributed by atoms with van der Waals surface area (Å²) >= 11 is 1.13. The van der Waals surface area contributed by atoms with Gasteiger partial charge in [-0.25, -0.2) is 4.39 Å². The SMILES string of the molecule is COc1ccc(C(O)=C2C(=O)C(=O)N(c3nnc(C)s3)[C@@H]2c2ccccn2)cc1F. The zero-order chi connectivity index (χ0) is 21.4. The molecule has 0 bridgehead atoms. The number of anilines is 1. The first-order valence-electron chi connectivity index (χ1n) is 8.78. The molecule has 3 aromatic rings. The number of halogens is 1. The average molecular weight is 426 g/mol. The molecule has 0 saturated carbocycles.